The first-order chi connectivity index (χ1) is 9.15. The van der Waals surface area contributed by atoms with E-state index in [0.29, 0.717) is 13.0 Å². The number of benzene rings is 1. The van der Waals surface area contributed by atoms with Gasteiger partial charge in [0.15, 0.2) is 0 Å². The van der Waals surface area contributed by atoms with Crippen LogP contribution in [0.25, 0.3) is 0 Å². The van der Waals surface area contributed by atoms with E-state index in [1.165, 1.54) is 0 Å². The molecule has 0 aliphatic heterocycles. The summed E-state index contributed by atoms with van der Waals surface area (Å²) in [6.45, 7) is 0.554. The van der Waals surface area contributed by atoms with Crippen LogP contribution in [0, 0.1) is 0 Å². The van der Waals surface area contributed by atoms with E-state index < -0.39 is 6.09 Å². The van der Waals surface area contributed by atoms with Crippen LogP contribution in [0.2, 0.25) is 0 Å². The first kappa shape index (κ1) is 14.2. The fraction of sp³-hybridized carbons (Fsp3) is 0.500. The molecule has 1 saturated carbocycles. The van der Waals surface area contributed by atoms with Crippen LogP contribution in [-0.2, 0) is 11.3 Å². The van der Waals surface area contributed by atoms with Crippen molar-refractivity contribution in [2.45, 2.75) is 43.4 Å². The van der Waals surface area contributed by atoms with E-state index in [9.17, 15) is 4.79 Å². The molecule has 0 radical (unpaired) electrons. The Labute approximate surface area is 117 Å². The van der Waals surface area contributed by atoms with Gasteiger partial charge in [-0.3, -0.25) is 0 Å². The van der Waals surface area contributed by atoms with Crippen molar-refractivity contribution in [3.05, 3.63) is 35.9 Å². The maximum Gasteiger partial charge on any atom is 0.404 e. The number of nitrogens with one attached hydrogen (secondary N) is 1. The van der Waals surface area contributed by atoms with Crippen LogP contribution in [0.15, 0.2) is 30.3 Å². The van der Waals surface area contributed by atoms with Crippen LogP contribution in [0.5, 0.6) is 0 Å². The van der Waals surface area contributed by atoms with Crippen LogP contribution < -0.4 is 5.32 Å². The first-order valence-electron chi connectivity index (χ1n) is 6.44. The number of halogens is 1. The second-order valence-electron chi connectivity index (χ2n) is 4.80. The van der Waals surface area contributed by atoms with Gasteiger partial charge in [-0.2, -0.15) is 0 Å². The highest BCUT2D eigenvalue weighted by atomic mass is 35.5. The third-order valence-electron chi connectivity index (χ3n) is 3.36. The molecule has 1 aromatic carbocycles. The Hall–Kier alpha value is -1.26. The molecule has 0 aromatic heterocycles. The molecule has 19 heavy (non-hydrogen) atoms. The van der Waals surface area contributed by atoms with Crippen molar-refractivity contribution in [1.82, 2.24) is 5.32 Å². The SMILES string of the molecule is O=C(O)N[C@H]1C[C@@H](OCc2ccccc2)CC[C@@H]1Cl. The highest BCUT2D eigenvalue weighted by Gasteiger charge is 2.30. The summed E-state index contributed by atoms with van der Waals surface area (Å²) >= 11 is 6.13. The van der Waals surface area contributed by atoms with E-state index in [2.05, 4.69) is 5.32 Å². The average molecular weight is 284 g/mol. The van der Waals surface area contributed by atoms with Gasteiger partial charge in [-0.1, -0.05) is 30.3 Å². The smallest absolute Gasteiger partial charge is 0.404 e. The van der Waals surface area contributed by atoms with Crippen molar-refractivity contribution < 1.29 is 14.6 Å². The van der Waals surface area contributed by atoms with Crippen molar-refractivity contribution in [3.8, 4) is 0 Å². The monoisotopic (exact) mass is 283 g/mol. The minimum absolute atomic E-state index is 0.0621. The summed E-state index contributed by atoms with van der Waals surface area (Å²) in [6, 6.07) is 9.72. The molecule has 1 aliphatic carbocycles. The lowest BCUT2D eigenvalue weighted by Gasteiger charge is -2.32. The van der Waals surface area contributed by atoms with Gasteiger partial charge in [-0.15, -0.1) is 11.6 Å². The van der Waals surface area contributed by atoms with Gasteiger partial charge in [0.25, 0.3) is 0 Å². The number of hydrogen-bond donors (Lipinski definition) is 2. The molecule has 1 aliphatic rings. The largest absolute Gasteiger partial charge is 0.465 e. The highest BCUT2D eigenvalue weighted by Crippen LogP contribution is 2.26. The third-order valence-corrected chi connectivity index (χ3v) is 3.88. The first-order valence-corrected chi connectivity index (χ1v) is 6.88. The van der Waals surface area contributed by atoms with E-state index in [1.807, 2.05) is 30.3 Å². The zero-order chi connectivity index (χ0) is 13.7. The Kier molecular flexibility index (Phi) is 5.05. The molecular weight excluding hydrogens is 266 g/mol. The summed E-state index contributed by atoms with van der Waals surface area (Å²) in [6.07, 6.45) is 1.31. The zero-order valence-electron chi connectivity index (χ0n) is 10.6. The quantitative estimate of drug-likeness (QED) is 0.835. The normalized spacial score (nSPS) is 26.9. The van der Waals surface area contributed by atoms with Gasteiger partial charge in [0.1, 0.15) is 0 Å². The van der Waals surface area contributed by atoms with Gasteiger partial charge in [0.2, 0.25) is 0 Å². The molecule has 1 fully saturated rings. The van der Waals surface area contributed by atoms with Crippen LogP contribution >= 0.6 is 11.6 Å². The molecule has 1 aromatic rings. The van der Waals surface area contributed by atoms with Crippen molar-refractivity contribution in [2.75, 3.05) is 0 Å². The van der Waals surface area contributed by atoms with Crippen molar-refractivity contribution >= 4 is 17.7 Å². The summed E-state index contributed by atoms with van der Waals surface area (Å²) in [7, 11) is 0. The Balaban J connectivity index is 1.83. The Morgan fingerprint density at radius 3 is 2.79 bits per heavy atom. The average Bonchev–Trinajstić information content (AvgIpc) is 2.40. The molecule has 2 N–H and O–H groups in total. The van der Waals surface area contributed by atoms with Gasteiger partial charge in [-0.05, 0) is 24.8 Å². The molecule has 104 valence electrons. The summed E-state index contributed by atoms with van der Waals surface area (Å²) in [5.41, 5.74) is 1.12. The molecule has 0 spiro atoms. The molecule has 5 heteroatoms. The summed E-state index contributed by atoms with van der Waals surface area (Å²) in [5.74, 6) is 0. The fourth-order valence-corrected chi connectivity index (χ4v) is 2.63. The second kappa shape index (κ2) is 6.78. The van der Waals surface area contributed by atoms with Gasteiger partial charge in [0.05, 0.1) is 24.1 Å². The fourth-order valence-electron chi connectivity index (χ4n) is 2.34. The maximum atomic E-state index is 10.7. The van der Waals surface area contributed by atoms with Gasteiger partial charge >= 0.3 is 6.09 Å². The molecule has 0 unspecified atom stereocenters. The lowest BCUT2D eigenvalue weighted by molar-refractivity contribution is 0.00982. The molecule has 1 amide bonds. The topological polar surface area (TPSA) is 58.6 Å². The van der Waals surface area contributed by atoms with Crippen LogP contribution in [0.1, 0.15) is 24.8 Å². The van der Waals surface area contributed by atoms with Crippen molar-refractivity contribution in [3.63, 3.8) is 0 Å². The van der Waals surface area contributed by atoms with Crippen molar-refractivity contribution in [2.24, 2.45) is 0 Å². The maximum absolute atomic E-state index is 10.7. The van der Waals surface area contributed by atoms with E-state index in [-0.39, 0.29) is 17.5 Å². The molecule has 0 saturated heterocycles. The van der Waals surface area contributed by atoms with E-state index in [0.717, 1.165) is 18.4 Å². The summed E-state index contributed by atoms with van der Waals surface area (Å²) in [5, 5.41) is 11.1. The molecule has 0 heterocycles. The molecular formula is C14H18ClNO3. The predicted octanol–water partition coefficient (Wildman–Crippen LogP) is 3.00. The Morgan fingerprint density at radius 1 is 1.37 bits per heavy atom. The van der Waals surface area contributed by atoms with E-state index in [4.69, 9.17) is 21.4 Å². The zero-order valence-corrected chi connectivity index (χ0v) is 11.3. The minimum atomic E-state index is -1.03. The Bertz CT molecular complexity index is 412. The van der Waals surface area contributed by atoms with Crippen LogP contribution in [0.4, 0.5) is 4.79 Å². The number of rotatable bonds is 4. The lowest BCUT2D eigenvalue weighted by Crippen LogP contribution is -2.46. The lowest BCUT2D eigenvalue weighted by atomic mass is 9.92. The number of ether oxygens (including phenoxy) is 1. The van der Waals surface area contributed by atoms with Crippen LogP contribution in [-0.4, -0.2) is 28.7 Å². The Morgan fingerprint density at radius 2 is 2.11 bits per heavy atom. The summed E-state index contributed by atoms with van der Waals surface area (Å²) in [4.78, 5) is 10.7. The standard InChI is InChI=1S/C14H18ClNO3/c15-12-7-6-11(8-13(12)16-14(17)18)19-9-10-4-2-1-3-5-10/h1-5,11-13,16H,6-9H2,(H,17,18)/t11-,12-,13-/m0/s1. The van der Waals surface area contributed by atoms with E-state index >= 15 is 0 Å². The molecule has 4 nitrogen and oxygen atoms in total. The number of amides is 1. The van der Waals surface area contributed by atoms with Gasteiger partial charge in [0, 0.05) is 0 Å². The number of alkyl halides is 1. The van der Waals surface area contributed by atoms with Crippen molar-refractivity contribution in [1.29, 1.82) is 0 Å². The summed E-state index contributed by atoms with van der Waals surface area (Å²) < 4.78 is 5.84. The number of carboxylic acid groups (broad SMARTS) is 1. The highest BCUT2D eigenvalue weighted by molar-refractivity contribution is 6.21. The van der Waals surface area contributed by atoms with E-state index in [1.54, 1.807) is 0 Å². The van der Waals surface area contributed by atoms with Gasteiger partial charge in [-0.25, -0.2) is 4.79 Å². The minimum Gasteiger partial charge on any atom is -0.465 e. The molecule has 3 atom stereocenters. The predicted molar refractivity (Wildman–Crippen MR) is 73.5 cm³/mol. The third kappa shape index (κ3) is 4.40. The molecule has 2 rings (SSSR count). The van der Waals surface area contributed by atoms with Gasteiger partial charge < -0.3 is 15.2 Å². The number of carbonyl (C=O) groups is 1. The second-order valence-corrected chi connectivity index (χ2v) is 5.36. The number of hydrogen-bond acceptors (Lipinski definition) is 2. The molecule has 0 bridgehead atoms. The van der Waals surface area contributed by atoms with Crippen LogP contribution in [0.3, 0.4) is 0 Å².